The number of carbonyl (C=O) groups excluding carboxylic acids is 2. The van der Waals surface area contributed by atoms with Crippen molar-refractivity contribution in [2.45, 2.75) is 46.0 Å². The summed E-state index contributed by atoms with van der Waals surface area (Å²) in [5.41, 5.74) is 3.42. The van der Waals surface area contributed by atoms with E-state index in [1.54, 1.807) is 23.6 Å². The molecule has 0 bridgehead atoms. The summed E-state index contributed by atoms with van der Waals surface area (Å²) in [6, 6.07) is 15.6. The van der Waals surface area contributed by atoms with E-state index < -0.39 is 6.04 Å². The van der Waals surface area contributed by atoms with Gasteiger partial charge >= 0.3 is 0 Å². The fourth-order valence-corrected chi connectivity index (χ4v) is 4.08. The predicted molar refractivity (Wildman–Crippen MR) is 129 cm³/mol. The van der Waals surface area contributed by atoms with Crippen molar-refractivity contribution >= 4 is 39.5 Å². The maximum absolute atomic E-state index is 13.1. The van der Waals surface area contributed by atoms with Crippen LogP contribution in [-0.4, -0.2) is 35.1 Å². The first-order valence-corrected chi connectivity index (χ1v) is 12.2. The third-order valence-electron chi connectivity index (χ3n) is 4.69. The van der Waals surface area contributed by atoms with Crippen LogP contribution in [0.1, 0.15) is 37.5 Å². The van der Waals surface area contributed by atoms with Gasteiger partial charge in [-0.2, -0.15) is 0 Å². The van der Waals surface area contributed by atoms with Crippen LogP contribution in [0.3, 0.4) is 0 Å². The zero-order valence-corrected chi connectivity index (χ0v) is 20.6. The third kappa shape index (κ3) is 8.15. The van der Waals surface area contributed by atoms with E-state index in [9.17, 15) is 9.59 Å². The lowest BCUT2D eigenvalue weighted by atomic mass is 10.1. The molecule has 1 unspecified atom stereocenters. The van der Waals surface area contributed by atoms with Crippen LogP contribution in [0.5, 0.6) is 0 Å². The molecule has 2 aromatic carbocycles. The number of benzene rings is 2. The monoisotopic (exact) mass is 490 g/mol. The summed E-state index contributed by atoms with van der Waals surface area (Å²) in [6.45, 7) is 8.99. The lowest BCUT2D eigenvalue weighted by molar-refractivity contribution is -0.138. The van der Waals surface area contributed by atoms with Crippen LogP contribution in [0.4, 0.5) is 0 Å². The van der Waals surface area contributed by atoms with Crippen molar-refractivity contribution in [3.63, 3.8) is 0 Å². The summed E-state index contributed by atoms with van der Waals surface area (Å²) in [5.74, 6) is 1.34. The van der Waals surface area contributed by atoms with Gasteiger partial charge in [-0.1, -0.05) is 71.7 Å². The Hall–Kier alpha value is -1.79. The van der Waals surface area contributed by atoms with E-state index in [1.165, 1.54) is 11.1 Å². The Morgan fingerprint density at radius 1 is 1.07 bits per heavy atom. The first-order chi connectivity index (χ1) is 14.3. The van der Waals surface area contributed by atoms with Gasteiger partial charge in [0.15, 0.2) is 0 Å². The molecule has 2 aromatic rings. The number of hydrogen-bond acceptors (Lipinski definition) is 3. The molecule has 30 heavy (non-hydrogen) atoms. The van der Waals surface area contributed by atoms with Gasteiger partial charge in [0.05, 0.1) is 5.75 Å². The summed E-state index contributed by atoms with van der Waals surface area (Å²) >= 11 is 5.02. The third-order valence-corrected chi connectivity index (χ3v) is 6.21. The van der Waals surface area contributed by atoms with E-state index in [2.05, 4.69) is 60.2 Å². The quantitative estimate of drug-likeness (QED) is 0.498. The topological polar surface area (TPSA) is 49.4 Å². The average molecular weight is 491 g/mol. The maximum Gasteiger partial charge on any atom is 0.242 e. The Kier molecular flexibility index (Phi) is 9.92. The molecule has 1 N–H and O–H groups in total. The Morgan fingerprint density at radius 2 is 1.77 bits per heavy atom. The second-order valence-corrected chi connectivity index (χ2v) is 9.85. The highest BCUT2D eigenvalue weighted by atomic mass is 79.9. The van der Waals surface area contributed by atoms with Crippen LogP contribution in [0.2, 0.25) is 0 Å². The van der Waals surface area contributed by atoms with Gasteiger partial charge in [-0.05, 0) is 43.0 Å². The van der Waals surface area contributed by atoms with E-state index in [0.29, 0.717) is 24.8 Å². The number of rotatable bonds is 10. The summed E-state index contributed by atoms with van der Waals surface area (Å²) in [6.07, 6.45) is 0. The molecule has 0 radical (unpaired) electrons. The second kappa shape index (κ2) is 12.2. The van der Waals surface area contributed by atoms with Crippen molar-refractivity contribution in [1.82, 2.24) is 10.2 Å². The summed E-state index contributed by atoms with van der Waals surface area (Å²) < 4.78 is 0.987. The van der Waals surface area contributed by atoms with Crippen molar-refractivity contribution in [3.8, 4) is 0 Å². The SMILES string of the molecule is Cc1cccc(CSCC(=O)N(Cc2ccc(Br)cc2)C(C)C(=O)NCC(C)C)c1. The second-order valence-electron chi connectivity index (χ2n) is 7.94. The lowest BCUT2D eigenvalue weighted by Gasteiger charge is -2.29. The molecule has 0 saturated carbocycles. The summed E-state index contributed by atoms with van der Waals surface area (Å²) in [4.78, 5) is 27.4. The van der Waals surface area contributed by atoms with Gasteiger partial charge in [0, 0.05) is 23.3 Å². The lowest BCUT2D eigenvalue weighted by Crippen LogP contribution is -2.48. The molecule has 162 valence electrons. The predicted octanol–water partition coefficient (Wildman–Crippen LogP) is 5.18. The number of amides is 2. The molecule has 0 fully saturated rings. The van der Waals surface area contributed by atoms with Crippen LogP contribution in [-0.2, 0) is 21.9 Å². The molecule has 0 aliphatic heterocycles. The molecule has 2 amide bonds. The van der Waals surface area contributed by atoms with Gasteiger partial charge in [0.25, 0.3) is 0 Å². The molecule has 0 saturated heterocycles. The Bertz CT molecular complexity index is 839. The Balaban J connectivity index is 2.05. The molecular formula is C24H31BrN2O2S. The normalized spacial score (nSPS) is 11.9. The number of carbonyl (C=O) groups is 2. The van der Waals surface area contributed by atoms with Crippen LogP contribution < -0.4 is 5.32 Å². The Morgan fingerprint density at radius 3 is 2.40 bits per heavy atom. The minimum Gasteiger partial charge on any atom is -0.354 e. The van der Waals surface area contributed by atoms with Crippen molar-refractivity contribution < 1.29 is 9.59 Å². The van der Waals surface area contributed by atoms with Gasteiger partial charge in [0.1, 0.15) is 6.04 Å². The van der Waals surface area contributed by atoms with Crippen molar-refractivity contribution in [2.24, 2.45) is 5.92 Å². The fourth-order valence-electron chi connectivity index (χ4n) is 2.96. The highest BCUT2D eigenvalue weighted by molar-refractivity contribution is 9.10. The van der Waals surface area contributed by atoms with Crippen molar-refractivity contribution in [1.29, 1.82) is 0 Å². The molecule has 2 rings (SSSR count). The Labute approximate surface area is 192 Å². The standard InChI is InChI=1S/C24H31BrN2O2S/c1-17(2)13-26-24(29)19(4)27(14-20-8-10-22(25)11-9-20)23(28)16-30-15-21-7-5-6-18(3)12-21/h5-12,17,19H,13-16H2,1-4H3,(H,26,29). The van der Waals surface area contributed by atoms with E-state index in [-0.39, 0.29) is 11.8 Å². The minimum atomic E-state index is -0.528. The first-order valence-electron chi connectivity index (χ1n) is 10.2. The molecule has 6 heteroatoms. The number of nitrogens with one attached hydrogen (secondary N) is 1. The molecule has 0 aromatic heterocycles. The fraction of sp³-hybridized carbons (Fsp3) is 0.417. The van der Waals surface area contributed by atoms with Gasteiger partial charge < -0.3 is 10.2 Å². The van der Waals surface area contributed by atoms with E-state index in [1.807, 2.05) is 30.3 Å². The summed E-state index contributed by atoms with van der Waals surface area (Å²) in [7, 11) is 0. The molecule has 0 heterocycles. The van der Waals surface area contributed by atoms with E-state index in [4.69, 9.17) is 0 Å². The zero-order valence-electron chi connectivity index (χ0n) is 18.2. The molecule has 1 atom stereocenters. The van der Waals surface area contributed by atoms with Crippen LogP contribution >= 0.6 is 27.7 Å². The van der Waals surface area contributed by atoms with Crippen LogP contribution in [0.25, 0.3) is 0 Å². The average Bonchev–Trinajstić information content (AvgIpc) is 2.71. The van der Waals surface area contributed by atoms with Gasteiger partial charge in [0.2, 0.25) is 11.8 Å². The molecule has 0 spiro atoms. The molecule has 0 aliphatic rings. The maximum atomic E-state index is 13.1. The highest BCUT2D eigenvalue weighted by Crippen LogP contribution is 2.18. The number of hydrogen-bond donors (Lipinski definition) is 1. The van der Waals surface area contributed by atoms with Gasteiger partial charge in [-0.15, -0.1) is 11.8 Å². The first kappa shape index (κ1) is 24.5. The molecular weight excluding hydrogens is 460 g/mol. The largest absolute Gasteiger partial charge is 0.354 e. The van der Waals surface area contributed by atoms with Gasteiger partial charge in [-0.25, -0.2) is 0 Å². The molecule has 0 aliphatic carbocycles. The van der Waals surface area contributed by atoms with Crippen LogP contribution in [0.15, 0.2) is 53.0 Å². The smallest absolute Gasteiger partial charge is 0.242 e. The van der Waals surface area contributed by atoms with E-state index in [0.717, 1.165) is 15.8 Å². The number of aryl methyl sites for hydroxylation is 1. The summed E-state index contributed by atoms with van der Waals surface area (Å²) in [5, 5.41) is 2.95. The van der Waals surface area contributed by atoms with E-state index >= 15 is 0 Å². The van der Waals surface area contributed by atoms with Crippen LogP contribution in [0, 0.1) is 12.8 Å². The zero-order chi connectivity index (χ0) is 22.1. The number of nitrogens with zero attached hydrogens (tertiary/aromatic N) is 1. The van der Waals surface area contributed by atoms with Gasteiger partial charge in [-0.3, -0.25) is 9.59 Å². The number of thioether (sulfide) groups is 1. The van der Waals surface area contributed by atoms with Crippen molar-refractivity contribution in [2.75, 3.05) is 12.3 Å². The number of halogens is 1. The van der Waals surface area contributed by atoms with Crippen molar-refractivity contribution in [3.05, 3.63) is 69.7 Å². The minimum absolute atomic E-state index is 0.0252. The molecule has 4 nitrogen and oxygen atoms in total. The highest BCUT2D eigenvalue weighted by Gasteiger charge is 2.26.